The van der Waals surface area contributed by atoms with Gasteiger partial charge in [-0.05, 0) is 13.8 Å². The van der Waals surface area contributed by atoms with Gasteiger partial charge in [0.2, 0.25) is 0 Å². The molecule has 9 nitrogen and oxygen atoms in total. The van der Waals surface area contributed by atoms with Gasteiger partial charge in [-0.25, -0.2) is 0 Å². The van der Waals surface area contributed by atoms with Gasteiger partial charge in [-0.2, -0.15) is 10.2 Å². The van der Waals surface area contributed by atoms with Crippen molar-refractivity contribution in [1.82, 2.24) is 20.0 Å². The number of nitrogens with zero attached hydrogens (tertiary/aromatic N) is 4. The van der Waals surface area contributed by atoms with Gasteiger partial charge in [-0.3, -0.25) is 24.7 Å². The molecule has 0 atom stereocenters. The van der Waals surface area contributed by atoms with E-state index in [4.69, 9.17) is 0 Å². The van der Waals surface area contributed by atoms with Gasteiger partial charge in [0.05, 0.1) is 21.9 Å². The zero-order chi connectivity index (χ0) is 18.1. The predicted octanol–water partition coefficient (Wildman–Crippen LogP) is 2.59. The van der Waals surface area contributed by atoms with Crippen molar-refractivity contribution >= 4 is 17.4 Å². The molecule has 3 aromatic rings. The van der Waals surface area contributed by atoms with Crippen LogP contribution >= 0.6 is 0 Å². The number of hydrogen-bond donors (Lipinski definition) is 2. The largest absolute Gasteiger partial charge is 0.305 e. The van der Waals surface area contributed by atoms with Crippen LogP contribution in [0.4, 0.5) is 11.5 Å². The Bertz CT molecular complexity index is 972. The van der Waals surface area contributed by atoms with E-state index in [1.54, 1.807) is 36.9 Å². The average molecular weight is 340 g/mol. The van der Waals surface area contributed by atoms with Crippen LogP contribution in [-0.2, 0) is 7.05 Å². The Balaban J connectivity index is 1.83. The summed E-state index contributed by atoms with van der Waals surface area (Å²) < 4.78 is 1.64. The number of rotatable bonds is 4. The zero-order valence-electron chi connectivity index (χ0n) is 13.9. The van der Waals surface area contributed by atoms with Crippen LogP contribution in [0, 0.1) is 24.0 Å². The van der Waals surface area contributed by atoms with Gasteiger partial charge in [0.25, 0.3) is 11.6 Å². The third-order valence-electron chi connectivity index (χ3n) is 3.92. The van der Waals surface area contributed by atoms with Gasteiger partial charge in [0.15, 0.2) is 5.82 Å². The van der Waals surface area contributed by atoms with Crippen LogP contribution in [0.25, 0.3) is 11.3 Å². The van der Waals surface area contributed by atoms with Crippen LogP contribution in [-0.4, -0.2) is 30.8 Å². The third-order valence-corrected chi connectivity index (χ3v) is 3.92. The number of amides is 1. The molecule has 0 aliphatic carbocycles. The fourth-order valence-corrected chi connectivity index (χ4v) is 2.60. The minimum Gasteiger partial charge on any atom is -0.305 e. The first-order chi connectivity index (χ1) is 11.9. The fraction of sp³-hybridized carbons (Fsp3) is 0.188. The SMILES string of the molecule is Cc1nn(C)c(C)c1C(=O)Nc1cc(-c2cccc([N+](=O)[O-])c2)[nH]n1. The Morgan fingerprint density at radius 1 is 1.32 bits per heavy atom. The Morgan fingerprint density at radius 3 is 2.72 bits per heavy atom. The van der Waals surface area contributed by atoms with E-state index in [0.29, 0.717) is 28.3 Å². The molecule has 0 saturated heterocycles. The van der Waals surface area contributed by atoms with Crippen molar-refractivity contribution < 1.29 is 9.72 Å². The van der Waals surface area contributed by atoms with Crippen LogP contribution in [0.5, 0.6) is 0 Å². The predicted molar refractivity (Wildman–Crippen MR) is 91.3 cm³/mol. The van der Waals surface area contributed by atoms with E-state index in [-0.39, 0.29) is 11.6 Å². The highest BCUT2D eigenvalue weighted by Gasteiger charge is 2.18. The number of non-ortho nitro benzene ring substituents is 1. The molecule has 0 spiro atoms. The van der Waals surface area contributed by atoms with E-state index in [1.165, 1.54) is 12.1 Å². The summed E-state index contributed by atoms with van der Waals surface area (Å²) in [5, 5.41) is 24.6. The summed E-state index contributed by atoms with van der Waals surface area (Å²) in [4.78, 5) is 22.9. The number of carbonyl (C=O) groups excluding carboxylic acids is 1. The van der Waals surface area contributed by atoms with E-state index in [9.17, 15) is 14.9 Å². The second-order valence-corrected chi connectivity index (χ2v) is 5.60. The summed E-state index contributed by atoms with van der Waals surface area (Å²) in [5.41, 5.74) is 3.05. The molecular formula is C16H16N6O3. The molecule has 3 rings (SSSR count). The monoisotopic (exact) mass is 340 g/mol. The lowest BCUT2D eigenvalue weighted by molar-refractivity contribution is -0.384. The minimum atomic E-state index is -0.462. The molecule has 2 heterocycles. The van der Waals surface area contributed by atoms with Gasteiger partial charge in [-0.15, -0.1) is 0 Å². The van der Waals surface area contributed by atoms with E-state index >= 15 is 0 Å². The van der Waals surface area contributed by atoms with Gasteiger partial charge in [0.1, 0.15) is 0 Å². The summed E-state index contributed by atoms with van der Waals surface area (Å²) >= 11 is 0. The standard InChI is InChI=1S/C16H16N6O3/c1-9-15(10(2)21(3)20-9)16(23)17-14-8-13(18-19-14)11-5-4-6-12(7-11)22(24)25/h4-8H,1-3H3,(H2,17,18,19,23). The molecule has 9 heteroatoms. The Hall–Kier alpha value is -3.49. The maximum Gasteiger partial charge on any atom is 0.270 e. The Labute approximate surface area is 142 Å². The van der Waals surface area contributed by atoms with E-state index in [2.05, 4.69) is 20.6 Å². The van der Waals surface area contributed by atoms with Crippen molar-refractivity contribution in [2.45, 2.75) is 13.8 Å². The van der Waals surface area contributed by atoms with Gasteiger partial charge in [-0.1, -0.05) is 12.1 Å². The number of nitrogens with one attached hydrogen (secondary N) is 2. The summed E-state index contributed by atoms with van der Waals surface area (Å²) in [6, 6.07) is 7.79. The van der Waals surface area contributed by atoms with Crippen LogP contribution in [0.2, 0.25) is 0 Å². The maximum absolute atomic E-state index is 12.5. The van der Waals surface area contributed by atoms with Crippen molar-refractivity contribution in [2.75, 3.05) is 5.32 Å². The molecule has 0 aliphatic rings. The normalized spacial score (nSPS) is 10.7. The van der Waals surface area contributed by atoms with Gasteiger partial charge < -0.3 is 5.32 Å². The van der Waals surface area contributed by atoms with E-state index in [1.807, 2.05) is 6.92 Å². The highest BCUT2D eigenvalue weighted by atomic mass is 16.6. The van der Waals surface area contributed by atoms with Gasteiger partial charge >= 0.3 is 0 Å². The van der Waals surface area contributed by atoms with Crippen LogP contribution in [0.3, 0.4) is 0 Å². The molecule has 128 valence electrons. The number of nitro benzene ring substituents is 1. The Morgan fingerprint density at radius 2 is 2.08 bits per heavy atom. The highest BCUT2D eigenvalue weighted by Crippen LogP contribution is 2.24. The summed E-state index contributed by atoms with van der Waals surface area (Å²) in [6.45, 7) is 3.58. The van der Waals surface area contributed by atoms with Gasteiger partial charge in [0, 0.05) is 36.5 Å². The van der Waals surface area contributed by atoms with Crippen molar-refractivity contribution in [2.24, 2.45) is 7.05 Å². The second-order valence-electron chi connectivity index (χ2n) is 5.60. The molecule has 0 bridgehead atoms. The lowest BCUT2D eigenvalue weighted by Gasteiger charge is -2.02. The van der Waals surface area contributed by atoms with Crippen LogP contribution in [0.1, 0.15) is 21.7 Å². The second kappa shape index (κ2) is 6.19. The molecule has 25 heavy (non-hydrogen) atoms. The maximum atomic E-state index is 12.5. The molecule has 1 aromatic carbocycles. The van der Waals surface area contributed by atoms with E-state index < -0.39 is 4.92 Å². The number of nitro groups is 1. The summed E-state index contributed by atoms with van der Waals surface area (Å²) in [5.74, 6) is 0.0225. The van der Waals surface area contributed by atoms with Crippen LogP contribution in [0.15, 0.2) is 30.3 Å². The number of H-pyrrole nitrogens is 1. The number of hydrogen-bond acceptors (Lipinski definition) is 5. The number of carbonyl (C=O) groups is 1. The van der Waals surface area contributed by atoms with Crippen molar-refractivity contribution in [3.05, 3.63) is 57.4 Å². The quantitative estimate of drug-likeness (QED) is 0.559. The lowest BCUT2D eigenvalue weighted by Crippen LogP contribution is -2.14. The lowest BCUT2D eigenvalue weighted by atomic mass is 10.1. The summed E-state index contributed by atoms with van der Waals surface area (Å²) in [7, 11) is 1.77. The zero-order valence-corrected chi connectivity index (χ0v) is 13.9. The minimum absolute atomic E-state index is 0.0145. The topological polar surface area (TPSA) is 119 Å². The van der Waals surface area contributed by atoms with Crippen LogP contribution < -0.4 is 5.32 Å². The number of aryl methyl sites for hydroxylation is 2. The molecular weight excluding hydrogens is 324 g/mol. The van der Waals surface area contributed by atoms with Crippen molar-refractivity contribution in [1.29, 1.82) is 0 Å². The first-order valence-electron chi connectivity index (χ1n) is 7.48. The number of anilines is 1. The molecule has 0 saturated carbocycles. The first-order valence-corrected chi connectivity index (χ1v) is 7.48. The number of aromatic amines is 1. The smallest absolute Gasteiger partial charge is 0.270 e. The molecule has 1 amide bonds. The molecule has 0 aliphatic heterocycles. The molecule has 0 fully saturated rings. The fourth-order valence-electron chi connectivity index (χ4n) is 2.60. The number of benzene rings is 1. The van der Waals surface area contributed by atoms with Crippen molar-refractivity contribution in [3.63, 3.8) is 0 Å². The average Bonchev–Trinajstić information content (AvgIpc) is 3.12. The van der Waals surface area contributed by atoms with Crippen molar-refractivity contribution in [3.8, 4) is 11.3 Å². The summed E-state index contributed by atoms with van der Waals surface area (Å²) in [6.07, 6.45) is 0. The first kappa shape index (κ1) is 16.4. The molecule has 2 aromatic heterocycles. The third kappa shape index (κ3) is 3.11. The highest BCUT2D eigenvalue weighted by molar-refractivity contribution is 6.05. The Kier molecular flexibility index (Phi) is 4.05. The number of aromatic nitrogens is 4. The van der Waals surface area contributed by atoms with E-state index in [0.717, 1.165) is 5.69 Å². The molecule has 0 radical (unpaired) electrons. The molecule has 2 N–H and O–H groups in total. The molecule has 0 unspecified atom stereocenters.